The average Bonchev–Trinajstić information content (AvgIpc) is 2.47. The predicted molar refractivity (Wildman–Crippen MR) is 82.1 cm³/mol. The first-order chi connectivity index (χ1) is 10.1. The normalized spacial score (nSPS) is 9.76. The number of benzene rings is 2. The van der Waals surface area contributed by atoms with Crippen LogP contribution in [0.15, 0.2) is 36.4 Å². The van der Waals surface area contributed by atoms with Gasteiger partial charge in [-0.3, -0.25) is 10.1 Å². The van der Waals surface area contributed by atoms with Crippen LogP contribution >= 0.6 is 11.6 Å². The standard InChI is InChI=1S/C14H11ClN4O2/c1-17-11-3-2-4-12(14(11)19(20)21)18-13-7-10(15)6-5-9(13)8-16/h2-7,17-18H,1H3. The van der Waals surface area contributed by atoms with Crippen molar-refractivity contribution in [2.45, 2.75) is 0 Å². The van der Waals surface area contributed by atoms with Gasteiger partial charge in [0.05, 0.1) is 16.2 Å². The quantitative estimate of drug-likeness (QED) is 0.660. The van der Waals surface area contributed by atoms with Gasteiger partial charge in [0, 0.05) is 12.1 Å². The molecule has 2 rings (SSSR count). The second kappa shape index (κ2) is 6.11. The van der Waals surface area contributed by atoms with E-state index in [9.17, 15) is 10.1 Å². The molecule has 0 spiro atoms. The molecule has 0 fully saturated rings. The summed E-state index contributed by atoms with van der Waals surface area (Å²) in [5.74, 6) is 0. The fourth-order valence-electron chi connectivity index (χ4n) is 1.91. The van der Waals surface area contributed by atoms with Crippen molar-refractivity contribution in [3.05, 3.63) is 57.1 Å². The summed E-state index contributed by atoms with van der Waals surface area (Å²) in [7, 11) is 1.60. The zero-order chi connectivity index (χ0) is 15.4. The van der Waals surface area contributed by atoms with Crippen molar-refractivity contribution in [3.63, 3.8) is 0 Å². The third-order valence-electron chi connectivity index (χ3n) is 2.86. The van der Waals surface area contributed by atoms with Gasteiger partial charge in [-0.2, -0.15) is 5.26 Å². The van der Waals surface area contributed by atoms with Crippen molar-refractivity contribution < 1.29 is 4.92 Å². The number of halogens is 1. The number of nitrogens with one attached hydrogen (secondary N) is 2. The lowest BCUT2D eigenvalue weighted by Crippen LogP contribution is -2.02. The molecular formula is C14H11ClN4O2. The highest BCUT2D eigenvalue weighted by Gasteiger charge is 2.19. The van der Waals surface area contributed by atoms with E-state index in [-0.39, 0.29) is 11.4 Å². The summed E-state index contributed by atoms with van der Waals surface area (Å²) < 4.78 is 0. The Morgan fingerprint density at radius 2 is 1.95 bits per heavy atom. The van der Waals surface area contributed by atoms with E-state index in [2.05, 4.69) is 10.6 Å². The Labute approximate surface area is 126 Å². The molecule has 0 atom stereocenters. The molecule has 0 radical (unpaired) electrons. The number of nitro benzene ring substituents is 1. The molecule has 0 aliphatic carbocycles. The zero-order valence-electron chi connectivity index (χ0n) is 11.1. The van der Waals surface area contributed by atoms with E-state index >= 15 is 0 Å². The van der Waals surface area contributed by atoms with E-state index in [0.29, 0.717) is 22.0 Å². The summed E-state index contributed by atoms with van der Waals surface area (Å²) in [5, 5.41) is 26.4. The summed E-state index contributed by atoms with van der Waals surface area (Å²) in [5.41, 5.74) is 1.34. The van der Waals surface area contributed by atoms with Gasteiger partial charge in [0.1, 0.15) is 17.4 Å². The van der Waals surface area contributed by atoms with Crippen molar-refractivity contribution in [1.29, 1.82) is 5.26 Å². The molecule has 0 aromatic heterocycles. The molecule has 0 heterocycles. The minimum atomic E-state index is -0.481. The molecule has 0 aliphatic heterocycles. The van der Waals surface area contributed by atoms with E-state index in [1.54, 1.807) is 43.4 Å². The Bertz CT molecular complexity index is 740. The van der Waals surface area contributed by atoms with Gasteiger partial charge >= 0.3 is 5.69 Å². The van der Waals surface area contributed by atoms with E-state index in [0.717, 1.165) is 0 Å². The molecule has 2 N–H and O–H groups in total. The molecule has 0 saturated carbocycles. The highest BCUT2D eigenvalue weighted by Crippen LogP contribution is 2.35. The van der Waals surface area contributed by atoms with Crippen LogP contribution < -0.4 is 10.6 Å². The Morgan fingerprint density at radius 1 is 1.24 bits per heavy atom. The van der Waals surface area contributed by atoms with Crippen LogP contribution in [0.2, 0.25) is 5.02 Å². The monoisotopic (exact) mass is 302 g/mol. The van der Waals surface area contributed by atoms with E-state index in [1.807, 2.05) is 6.07 Å². The summed E-state index contributed by atoms with van der Waals surface area (Å²) in [6, 6.07) is 11.6. The third kappa shape index (κ3) is 3.04. The fourth-order valence-corrected chi connectivity index (χ4v) is 2.08. The SMILES string of the molecule is CNc1cccc(Nc2cc(Cl)ccc2C#N)c1[N+](=O)[O-]. The van der Waals surface area contributed by atoms with Crippen molar-refractivity contribution >= 4 is 34.4 Å². The maximum atomic E-state index is 11.2. The molecular weight excluding hydrogens is 292 g/mol. The average molecular weight is 303 g/mol. The summed E-state index contributed by atoms with van der Waals surface area (Å²) in [6.45, 7) is 0. The Balaban J connectivity index is 2.52. The maximum absolute atomic E-state index is 11.2. The zero-order valence-corrected chi connectivity index (χ0v) is 11.8. The molecule has 106 valence electrons. The third-order valence-corrected chi connectivity index (χ3v) is 3.09. The second-order valence-corrected chi connectivity index (χ2v) is 4.57. The number of hydrogen-bond acceptors (Lipinski definition) is 5. The van der Waals surface area contributed by atoms with Crippen molar-refractivity contribution in [2.75, 3.05) is 17.7 Å². The molecule has 0 saturated heterocycles. The number of nitriles is 1. The minimum absolute atomic E-state index is 0.0936. The molecule has 2 aromatic rings. The predicted octanol–water partition coefficient (Wildman–Crippen LogP) is 3.91. The fraction of sp³-hybridized carbons (Fsp3) is 0.0714. The first-order valence-electron chi connectivity index (χ1n) is 5.98. The van der Waals surface area contributed by atoms with E-state index in [1.165, 1.54) is 0 Å². The molecule has 0 unspecified atom stereocenters. The van der Waals surface area contributed by atoms with Crippen LogP contribution in [0, 0.1) is 21.4 Å². The number of anilines is 3. The van der Waals surface area contributed by atoms with Crippen LogP contribution in [0.25, 0.3) is 0 Å². The van der Waals surface area contributed by atoms with Gasteiger partial charge in [-0.25, -0.2) is 0 Å². The van der Waals surface area contributed by atoms with Gasteiger partial charge in [-0.15, -0.1) is 0 Å². The summed E-state index contributed by atoms with van der Waals surface area (Å²) >= 11 is 5.91. The first kappa shape index (κ1) is 14.6. The smallest absolute Gasteiger partial charge is 0.315 e. The lowest BCUT2D eigenvalue weighted by molar-refractivity contribution is -0.383. The molecule has 0 aliphatic rings. The van der Waals surface area contributed by atoms with Crippen LogP contribution in [0.4, 0.5) is 22.7 Å². The Hall–Kier alpha value is -2.78. The van der Waals surface area contributed by atoms with Crippen LogP contribution in [0.3, 0.4) is 0 Å². The second-order valence-electron chi connectivity index (χ2n) is 4.14. The maximum Gasteiger partial charge on any atom is 0.315 e. The molecule has 0 bridgehead atoms. The molecule has 6 nitrogen and oxygen atoms in total. The van der Waals surface area contributed by atoms with Gasteiger partial charge in [-0.05, 0) is 30.3 Å². The van der Waals surface area contributed by atoms with Crippen molar-refractivity contribution in [2.24, 2.45) is 0 Å². The van der Waals surface area contributed by atoms with Gasteiger partial charge in [0.2, 0.25) is 0 Å². The molecule has 2 aromatic carbocycles. The van der Waals surface area contributed by atoms with Crippen molar-refractivity contribution in [1.82, 2.24) is 0 Å². The highest BCUT2D eigenvalue weighted by molar-refractivity contribution is 6.30. The summed E-state index contributed by atoms with van der Waals surface area (Å²) in [6.07, 6.45) is 0. The lowest BCUT2D eigenvalue weighted by atomic mass is 10.1. The largest absolute Gasteiger partial charge is 0.382 e. The minimum Gasteiger partial charge on any atom is -0.382 e. The highest BCUT2D eigenvalue weighted by atomic mass is 35.5. The Kier molecular flexibility index (Phi) is 4.26. The number of para-hydroxylation sites is 1. The van der Waals surface area contributed by atoms with Gasteiger partial charge in [0.25, 0.3) is 0 Å². The van der Waals surface area contributed by atoms with E-state index < -0.39 is 4.92 Å². The van der Waals surface area contributed by atoms with E-state index in [4.69, 9.17) is 16.9 Å². The van der Waals surface area contributed by atoms with Crippen LogP contribution in [-0.2, 0) is 0 Å². The topological polar surface area (TPSA) is 91.0 Å². The molecule has 0 amide bonds. The number of nitro groups is 1. The molecule has 21 heavy (non-hydrogen) atoms. The van der Waals surface area contributed by atoms with Gasteiger partial charge in [-0.1, -0.05) is 17.7 Å². The van der Waals surface area contributed by atoms with Gasteiger partial charge in [0.15, 0.2) is 0 Å². The number of rotatable bonds is 4. The van der Waals surface area contributed by atoms with Gasteiger partial charge < -0.3 is 10.6 Å². The van der Waals surface area contributed by atoms with Crippen LogP contribution in [-0.4, -0.2) is 12.0 Å². The Morgan fingerprint density at radius 3 is 2.57 bits per heavy atom. The lowest BCUT2D eigenvalue weighted by Gasteiger charge is -2.11. The van der Waals surface area contributed by atoms with Crippen LogP contribution in [0.5, 0.6) is 0 Å². The van der Waals surface area contributed by atoms with Crippen LogP contribution in [0.1, 0.15) is 5.56 Å². The number of hydrogen-bond donors (Lipinski definition) is 2. The van der Waals surface area contributed by atoms with Crippen molar-refractivity contribution in [3.8, 4) is 6.07 Å². The summed E-state index contributed by atoms with van der Waals surface area (Å²) in [4.78, 5) is 10.8. The number of nitrogens with zero attached hydrogens (tertiary/aromatic N) is 2. The molecule has 7 heteroatoms. The first-order valence-corrected chi connectivity index (χ1v) is 6.36.